The molecule has 1 N–H and O–H groups in total. The van der Waals surface area contributed by atoms with Crippen molar-refractivity contribution in [1.29, 1.82) is 0 Å². The second-order valence-electron chi connectivity index (χ2n) is 5.81. The molecule has 1 aromatic carbocycles. The molecule has 21 heavy (non-hydrogen) atoms. The molecule has 1 heterocycles. The van der Waals surface area contributed by atoms with Crippen LogP contribution in [-0.2, 0) is 22.3 Å². The van der Waals surface area contributed by atoms with Gasteiger partial charge in [-0.1, -0.05) is 30.3 Å². The van der Waals surface area contributed by atoms with E-state index >= 15 is 0 Å². The summed E-state index contributed by atoms with van der Waals surface area (Å²) < 4.78 is 19.6. The van der Waals surface area contributed by atoms with Gasteiger partial charge in [0.25, 0.3) is 0 Å². The van der Waals surface area contributed by atoms with Crippen LogP contribution in [0.2, 0.25) is 0 Å². The Hall–Kier alpha value is -1.82. The molecule has 1 aliphatic rings. The highest BCUT2D eigenvalue weighted by molar-refractivity contribution is 7.84. The summed E-state index contributed by atoms with van der Waals surface area (Å²) in [7, 11) is -1.17. The van der Waals surface area contributed by atoms with Crippen LogP contribution >= 0.6 is 0 Å². The standard InChI is InChI=1S/C15H20N2O3S/c1-15(2,3)21(19)16-13-9-17(10-13)14(18)20-11-12-7-5-4-6-8-12/h4-9,16H,10-11H2,1-3H3. The third kappa shape index (κ3) is 4.32. The maximum Gasteiger partial charge on any atom is 0.414 e. The first kappa shape index (κ1) is 15.6. The van der Waals surface area contributed by atoms with Crippen LogP contribution in [0.3, 0.4) is 0 Å². The van der Waals surface area contributed by atoms with Crippen molar-refractivity contribution in [2.24, 2.45) is 0 Å². The van der Waals surface area contributed by atoms with Crippen molar-refractivity contribution < 1.29 is 13.7 Å². The third-order valence-electron chi connectivity index (χ3n) is 2.87. The van der Waals surface area contributed by atoms with E-state index in [9.17, 15) is 9.00 Å². The second kappa shape index (κ2) is 6.30. The molecule has 0 saturated carbocycles. The van der Waals surface area contributed by atoms with Crippen LogP contribution < -0.4 is 4.72 Å². The molecule has 0 radical (unpaired) electrons. The number of rotatable bonds is 4. The molecular weight excluding hydrogens is 288 g/mol. The largest absolute Gasteiger partial charge is 0.444 e. The summed E-state index contributed by atoms with van der Waals surface area (Å²) in [5.74, 6) is 0. The average molecular weight is 308 g/mol. The molecule has 0 saturated heterocycles. The van der Waals surface area contributed by atoms with E-state index in [4.69, 9.17) is 4.74 Å². The van der Waals surface area contributed by atoms with E-state index < -0.39 is 17.1 Å². The lowest BCUT2D eigenvalue weighted by atomic mass is 10.2. The predicted molar refractivity (Wildman–Crippen MR) is 82.4 cm³/mol. The summed E-state index contributed by atoms with van der Waals surface area (Å²) in [6.45, 7) is 6.32. The molecule has 0 fully saturated rings. The summed E-state index contributed by atoms with van der Waals surface area (Å²) in [4.78, 5) is 13.2. The van der Waals surface area contributed by atoms with Crippen molar-refractivity contribution in [1.82, 2.24) is 9.62 Å². The number of ether oxygens (including phenoxy) is 1. The molecule has 1 amide bonds. The van der Waals surface area contributed by atoms with E-state index in [2.05, 4.69) is 4.72 Å². The Balaban J connectivity index is 1.78. The van der Waals surface area contributed by atoms with Crippen LogP contribution in [0.25, 0.3) is 0 Å². The lowest BCUT2D eigenvalue weighted by molar-refractivity contribution is 0.107. The second-order valence-corrected chi connectivity index (χ2v) is 7.77. The van der Waals surface area contributed by atoms with Gasteiger partial charge >= 0.3 is 6.09 Å². The molecule has 0 aromatic heterocycles. The van der Waals surface area contributed by atoms with Crippen molar-refractivity contribution in [2.45, 2.75) is 32.1 Å². The molecule has 6 heteroatoms. The highest BCUT2D eigenvalue weighted by Crippen LogP contribution is 2.17. The first-order chi connectivity index (χ1) is 9.86. The summed E-state index contributed by atoms with van der Waals surface area (Å²) in [5.41, 5.74) is 1.72. The fourth-order valence-corrected chi connectivity index (χ4v) is 2.26. The maximum absolute atomic E-state index is 11.9. The maximum atomic E-state index is 11.9. The highest BCUT2D eigenvalue weighted by Gasteiger charge is 2.27. The molecule has 1 aromatic rings. The zero-order chi connectivity index (χ0) is 15.5. The van der Waals surface area contributed by atoms with Gasteiger partial charge in [0.2, 0.25) is 0 Å². The summed E-state index contributed by atoms with van der Waals surface area (Å²) in [6, 6.07) is 9.52. The monoisotopic (exact) mass is 308 g/mol. The van der Waals surface area contributed by atoms with Crippen molar-refractivity contribution in [3.63, 3.8) is 0 Å². The number of nitrogens with zero attached hydrogens (tertiary/aromatic N) is 1. The molecule has 5 nitrogen and oxygen atoms in total. The molecule has 0 spiro atoms. The van der Waals surface area contributed by atoms with E-state index in [0.717, 1.165) is 11.3 Å². The van der Waals surface area contributed by atoms with Gasteiger partial charge in [0, 0.05) is 6.20 Å². The number of carbonyl (C=O) groups excluding carboxylic acids is 1. The SMILES string of the molecule is CC(C)(C)S(=O)NC1=CN(C(=O)OCc2ccccc2)C1. The van der Waals surface area contributed by atoms with E-state index in [-0.39, 0.29) is 11.4 Å². The van der Waals surface area contributed by atoms with Gasteiger partial charge in [-0.3, -0.25) is 4.90 Å². The number of hydrogen-bond acceptors (Lipinski definition) is 3. The first-order valence-electron chi connectivity index (χ1n) is 6.73. The van der Waals surface area contributed by atoms with Crippen molar-refractivity contribution >= 4 is 17.1 Å². The topological polar surface area (TPSA) is 58.6 Å². The van der Waals surface area contributed by atoms with Gasteiger partial charge in [-0.15, -0.1) is 0 Å². The zero-order valence-corrected chi connectivity index (χ0v) is 13.3. The number of nitrogens with one attached hydrogen (secondary N) is 1. The lowest BCUT2D eigenvalue weighted by Gasteiger charge is -2.30. The Morgan fingerprint density at radius 3 is 2.52 bits per heavy atom. The van der Waals surface area contributed by atoms with Gasteiger partial charge in [0.05, 0.1) is 17.0 Å². The van der Waals surface area contributed by atoms with Crippen molar-refractivity contribution in [3.8, 4) is 0 Å². The predicted octanol–water partition coefficient (Wildman–Crippen LogP) is 2.53. The number of amides is 1. The molecule has 0 aliphatic carbocycles. The fourth-order valence-electron chi connectivity index (χ4n) is 1.60. The van der Waals surface area contributed by atoms with E-state index in [1.807, 2.05) is 51.1 Å². The van der Waals surface area contributed by atoms with Crippen LogP contribution in [0.1, 0.15) is 26.3 Å². The van der Waals surface area contributed by atoms with Gasteiger partial charge in [-0.25, -0.2) is 9.00 Å². The zero-order valence-electron chi connectivity index (χ0n) is 12.5. The minimum absolute atomic E-state index is 0.251. The average Bonchev–Trinajstić information content (AvgIpc) is 2.39. The smallest absolute Gasteiger partial charge is 0.414 e. The first-order valence-corrected chi connectivity index (χ1v) is 7.88. The Kier molecular flexibility index (Phi) is 4.67. The quantitative estimate of drug-likeness (QED) is 0.930. The molecular formula is C15H20N2O3S. The molecule has 1 aliphatic heterocycles. The van der Waals surface area contributed by atoms with Crippen molar-refractivity contribution in [2.75, 3.05) is 6.54 Å². The lowest BCUT2D eigenvalue weighted by Crippen LogP contribution is -2.44. The number of hydrogen-bond donors (Lipinski definition) is 1. The molecule has 1 atom stereocenters. The van der Waals surface area contributed by atoms with Gasteiger partial charge in [0.1, 0.15) is 17.6 Å². The van der Waals surface area contributed by atoms with Gasteiger partial charge in [0.15, 0.2) is 0 Å². The third-order valence-corrected chi connectivity index (χ3v) is 4.43. The van der Waals surface area contributed by atoms with Crippen molar-refractivity contribution in [3.05, 3.63) is 47.8 Å². The molecule has 114 valence electrons. The Morgan fingerprint density at radius 2 is 1.95 bits per heavy atom. The van der Waals surface area contributed by atoms with Crippen LogP contribution in [0.15, 0.2) is 42.2 Å². The van der Waals surface area contributed by atoms with Crippen LogP contribution in [0.5, 0.6) is 0 Å². The molecule has 2 rings (SSSR count). The van der Waals surface area contributed by atoms with Gasteiger partial charge < -0.3 is 9.46 Å². The number of carbonyl (C=O) groups is 1. The van der Waals surface area contributed by atoms with Gasteiger partial charge in [-0.05, 0) is 26.3 Å². The van der Waals surface area contributed by atoms with E-state index in [1.165, 1.54) is 4.90 Å². The van der Waals surface area contributed by atoms with E-state index in [1.54, 1.807) is 6.20 Å². The summed E-state index contributed by atoms with van der Waals surface area (Å²) in [6.07, 6.45) is 1.22. The van der Waals surface area contributed by atoms with E-state index in [0.29, 0.717) is 6.54 Å². The minimum atomic E-state index is -1.17. The minimum Gasteiger partial charge on any atom is -0.444 e. The fraction of sp³-hybridized carbons (Fsp3) is 0.400. The highest BCUT2D eigenvalue weighted by atomic mass is 32.2. The Bertz CT molecular complexity index is 564. The number of benzene rings is 1. The van der Waals surface area contributed by atoms with Crippen LogP contribution in [0, 0.1) is 0 Å². The normalized spacial score (nSPS) is 15.8. The molecule has 0 bridgehead atoms. The Labute approximate surface area is 127 Å². The van der Waals surface area contributed by atoms with Crippen LogP contribution in [0.4, 0.5) is 4.79 Å². The van der Waals surface area contributed by atoms with Crippen LogP contribution in [-0.4, -0.2) is 26.5 Å². The summed E-state index contributed by atoms with van der Waals surface area (Å²) >= 11 is 0. The molecule has 1 unspecified atom stereocenters. The summed E-state index contributed by atoms with van der Waals surface area (Å²) in [5, 5.41) is 0. The van der Waals surface area contributed by atoms with Gasteiger partial charge in [-0.2, -0.15) is 0 Å². The Morgan fingerprint density at radius 1 is 1.33 bits per heavy atom.